The average molecular weight is 583 g/mol. The number of carbonyl (C=O) groups is 2. The summed E-state index contributed by atoms with van der Waals surface area (Å²) in [5.74, 6) is -0.711. The number of halogens is 2. The Balaban J connectivity index is 1.95. The zero-order valence-corrected chi connectivity index (χ0v) is 24.8. The number of aryl methyl sites for hydroxylation is 2. The van der Waals surface area contributed by atoms with Crippen LogP contribution < -0.4 is 9.62 Å². The van der Waals surface area contributed by atoms with E-state index in [9.17, 15) is 18.0 Å². The molecule has 0 heterocycles. The van der Waals surface area contributed by atoms with E-state index < -0.39 is 28.5 Å². The van der Waals surface area contributed by atoms with Gasteiger partial charge < -0.3 is 10.2 Å². The highest BCUT2D eigenvalue weighted by Gasteiger charge is 2.33. The van der Waals surface area contributed by atoms with Crippen molar-refractivity contribution in [3.05, 3.63) is 63.1 Å². The molecule has 0 radical (unpaired) electrons. The molecule has 0 aliphatic heterocycles. The maximum absolute atomic E-state index is 13.9. The van der Waals surface area contributed by atoms with Gasteiger partial charge in [-0.2, -0.15) is 0 Å². The standard InChI is InChI=1S/C28H37Cl2N3O4S/c1-5-25(28(35)31-22-9-7-6-8-10-22)32(17-21-12-13-23(29)24(30)16-21)27(34)18-33(38(4,36)37)26-14-11-19(2)15-20(26)3/h11-16,22,25H,5-10,17-18H2,1-4H3,(H,31,35)/t25-/m0/s1. The maximum atomic E-state index is 13.9. The zero-order valence-electron chi connectivity index (χ0n) is 22.5. The zero-order chi connectivity index (χ0) is 28.0. The van der Waals surface area contributed by atoms with Crippen LogP contribution in [0.15, 0.2) is 36.4 Å². The first-order valence-corrected chi connectivity index (χ1v) is 15.6. The Morgan fingerprint density at radius 1 is 1.03 bits per heavy atom. The topological polar surface area (TPSA) is 86.8 Å². The number of rotatable bonds is 10. The van der Waals surface area contributed by atoms with Gasteiger partial charge in [0.2, 0.25) is 21.8 Å². The summed E-state index contributed by atoms with van der Waals surface area (Å²) >= 11 is 12.3. The summed E-state index contributed by atoms with van der Waals surface area (Å²) < 4.78 is 26.8. The first kappa shape index (κ1) is 30.3. The second-order valence-electron chi connectivity index (χ2n) is 10.1. The van der Waals surface area contributed by atoms with Crippen molar-refractivity contribution in [3.63, 3.8) is 0 Å². The van der Waals surface area contributed by atoms with Crippen LogP contribution >= 0.6 is 23.2 Å². The number of hydrogen-bond acceptors (Lipinski definition) is 4. The van der Waals surface area contributed by atoms with E-state index in [0.29, 0.717) is 27.7 Å². The number of sulfonamides is 1. The largest absolute Gasteiger partial charge is 0.352 e. The van der Waals surface area contributed by atoms with Gasteiger partial charge in [0.1, 0.15) is 12.6 Å². The highest BCUT2D eigenvalue weighted by Crippen LogP contribution is 2.27. The van der Waals surface area contributed by atoms with Crippen molar-refractivity contribution in [3.8, 4) is 0 Å². The van der Waals surface area contributed by atoms with Crippen molar-refractivity contribution >= 4 is 50.7 Å². The molecule has 1 N–H and O–H groups in total. The fourth-order valence-electron chi connectivity index (χ4n) is 4.98. The number of nitrogens with zero attached hydrogens (tertiary/aromatic N) is 2. The van der Waals surface area contributed by atoms with Crippen LogP contribution in [-0.4, -0.2) is 50.0 Å². The van der Waals surface area contributed by atoms with E-state index in [0.717, 1.165) is 53.8 Å². The van der Waals surface area contributed by atoms with Crippen LogP contribution in [0.1, 0.15) is 62.1 Å². The van der Waals surface area contributed by atoms with Gasteiger partial charge in [0.15, 0.2) is 0 Å². The predicted octanol–water partition coefficient (Wildman–Crippen LogP) is 5.63. The first-order chi connectivity index (χ1) is 17.9. The van der Waals surface area contributed by atoms with Crippen molar-refractivity contribution < 1.29 is 18.0 Å². The molecule has 38 heavy (non-hydrogen) atoms. The lowest BCUT2D eigenvalue weighted by molar-refractivity contribution is -0.140. The normalized spacial score (nSPS) is 15.1. The summed E-state index contributed by atoms with van der Waals surface area (Å²) in [4.78, 5) is 28.8. The van der Waals surface area contributed by atoms with Crippen LogP contribution in [0.4, 0.5) is 5.69 Å². The molecular formula is C28H37Cl2N3O4S. The van der Waals surface area contributed by atoms with Gasteiger partial charge in [-0.05, 0) is 62.4 Å². The van der Waals surface area contributed by atoms with E-state index in [1.54, 1.807) is 24.3 Å². The van der Waals surface area contributed by atoms with Crippen LogP contribution in [0.25, 0.3) is 0 Å². The Labute approximate surface area is 236 Å². The van der Waals surface area contributed by atoms with Crippen LogP contribution in [0.2, 0.25) is 10.0 Å². The number of anilines is 1. The van der Waals surface area contributed by atoms with Crippen LogP contribution in [0, 0.1) is 13.8 Å². The third kappa shape index (κ3) is 7.87. The summed E-state index contributed by atoms with van der Waals surface area (Å²) in [6.07, 6.45) is 6.56. The van der Waals surface area contributed by atoms with E-state index in [1.165, 1.54) is 4.90 Å². The van der Waals surface area contributed by atoms with E-state index in [1.807, 2.05) is 32.9 Å². The molecule has 2 amide bonds. The second kappa shape index (κ2) is 13.2. The lowest BCUT2D eigenvalue weighted by atomic mass is 9.95. The van der Waals surface area contributed by atoms with Gasteiger partial charge >= 0.3 is 0 Å². The molecule has 7 nitrogen and oxygen atoms in total. The van der Waals surface area contributed by atoms with E-state index in [4.69, 9.17) is 23.2 Å². The first-order valence-electron chi connectivity index (χ1n) is 13.0. The molecule has 0 spiro atoms. The molecule has 2 aromatic carbocycles. The molecule has 0 bridgehead atoms. The Hall–Kier alpha value is -2.29. The summed E-state index contributed by atoms with van der Waals surface area (Å²) in [7, 11) is -3.80. The van der Waals surface area contributed by atoms with Gasteiger partial charge in [0.25, 0.3) is 0 Å². The lowest BCUT2D eigenvalue weighted by Gasteiger charge is -2.34. The maximum Gasteiger partial charge on any atom is 0.244 e. The minimum atomic E-state index is -3.80. The average Bonchev–Trinajstić information content (AvgIpc) is 2.85. The molecule has 1 fully saturated rings. The van der Waals surface area contributed by atoms with Gasteiger partial charge in [0.05, 0.1) is 22.0 Å². The van der Waals surface area contributed by atoms with Crippen LogP contribution in [-0.2, 0) is 26.2 Å². The molecule has 2 aromatic rings. The quantitative estimate of drug-likeness (QED) is 0.393. The predicted molar refractivity (Wildman–Crippen MR) is 154 cm³/mol. The number of hydrogen-bond donors (Lipinski definition) is 1. The van der Waals surface area contributed by atoms with E-state index in [2.05, 4.69) is 5.32 Å². The minimum Gasteiger partial charge on any atom is -0.352 e. The fourth-order valence-corrected chi connectivity index (χ4v) is 6.21. The summed E-state index contributed by atoms with van der Waals surface area (Å²) in [6.45, 7) is 5.22. The van der Waals surface area contributed by atoms with Gasteiger partial charge in [-0.25, -0.2) is 8.42 Å². The van der Waals surface area contributed by atoms with Crippen molar-refractivity contribution in [1.82, 2.24) is 10.2 Å². The number of carbonyl (C=O) groups excluding carboxylic acids is 2. The molecule has 10 heteroatoms. The highest BCUT2D eigenvalue weighted by atomic mass is 35.5. The van der Waals surface area contributed by atoms with Gasteiger partial charge in [0, 0.05) is 12.6 Å². The van der Waals surface area contributed by atoms with E-state index >= 15 is 0 Å². The number of nitrogens with one attached hydrogen (secondary N) is 1. The molecule has 1 aliphatic carbocycles. The Bertz CT molecular complexity index is 1260. The SMILES string of the molecule is CC[C@@H](C(=O)NC1CCCCC1)N(Cc1ccc(Cl)c(Cl)c1)C(=O)CN(c1ccc(C)cc1C)S(C)(=O)=O. The number of benzene rings is 2. The molecule has 3 rings (SSSR count). The highest BCUT2D eigenvalue weighted by molar-refractivity contribution is 7.92. The number of amides is 2. The summed E-state index contributed by atoms with van der Waals surface area (Å²) in [5.41, 5.74) is 2.84. The van der Waals surface area contributed by atoms with Gasteiger partial charge in [-0.15, -0.1) is 0 Å². The third-order valence-electron chi connectivity index (χ3n) is 6.97. The molecule has 1 aliphatic rings. The molecule has 0 aromatic heterocycles. The minimum absolute atomic E-state index is 0.0787. The van der Waals surface area contributed by atoms with Crippen molar-refractivity contribution in [2.75, 3.05) is 17.1 Å². The van der Waals surface area contributed by atoms with Crippen LogP contribution in [0.5, 0.6) is 0 Å². The van der Waals surface area contributed by atoms with Crippen molar-refractivity contribution in [2.45, 2.75) is 77.9 Å². The third-order valence-corrected chi connectivity index (χ3v) is 8.84. The summed E-state index contributed by atoms with van der Waals surface area (Å²) in [5, 5.41) is 3.85. The second-order valence-corrected chi connectivity index (χ2v) is 12.8. The van der Waals surface area contributed by atoms with Crippen molar-refractivity contribution in [2.24, 2.45) is 0 Å². The smallest absolute Gasteiger partial charge is 0.244 e. The van der Waals surface area contributed by atoms with Gasteiger partial charge in [-0.1, -0.05) is 73.2 Å². The Morgan fingerprint density at radius 3 is 2.29 bits per heavy atom. The molecule has 1 atom stereocenters. The van der Waals surface area contributed by atoms with Crippen LogP contribution in [0.3, 0.4) is 0 Å². The van der Waals surface area contributed by atoms with E-state index in [-0.39, 0.29) is 18.5 Å². The van der Waals surface area contributed by atoms with Crippen molar-refractivity contribution in [1.29, 1.82) is 0 Å². The monoisotopic (exact) mass is 581 g/mol. The fraction of sp³-hybridized carbons (Fsp3) is 0.500. The molecule has 1 saturated carbocycles. The Kier molecular flexibility index (Phi) is 10.5. The molecular weight excluding hydrogens is 545 g/mol. The molecule has 0 unspecified atom stereocenters. The lowest BCUT2D eigenvalue weighted by Crippen LogP contribution is -2.54. The molecule has 0 saturated heterocycles. The van der Waals surface area contributed by atoms with Gasteiger partial charge in [-0.3, -0.25) is 13.9 Å². The Morgan fingerprint density at radius 2 is 1.71 bits per heavy atom. The summed E-state index contributed by atoms with van der Waals surface area (Å²) in [6, 6.07) is 9.74. The molecule has 208 valence electrons.